The average molecular weight is 339 g/mol. The number of hydrogen-bond acceptors (Lipinski definition) is 4. The van der Waals surface area contributed by atoms with E-state index in [9.17, 15) is 4.21 Å². The predicted octanol–water partition coefficient (Wildman–Crippen LogP) is 2.76. The smallest absolute Gasteiger partial charge is 0.152 e. The summed E-state index contributed by atoms with van der Waals surface area (Å²) in [6.07, 6.45) is 5.07. The maximum atomic E-state index is 11.4. The maximum Gasteiger partial charge on any atom is 0.152 e. The van der Waals surface area contributed by atoms with Gasteiger partial charge in [-0.25, -0.2) is 0 Å². The van der Waals surface area contributed by atoms with Crippen molar-refractivity contribution in [2.24, 2.45) is 0 Å². The molecule has 0 bridgehead atoms. The highest BCUT2D eigenvalue weighted by Crippen LogP contribution is 2.24. The van der Waals surface area contributed by atoms with E-state index in [1.807, 2.05) is 18.2 Å². The predicted molar refractivity (Wildman–Crippen MR) is 89.5 cm³/mol. The SMILES string of the molecule is C[S@@](=O)Cc1ccc(Cl)c(NCc2nnc3n2CCCC3)c1. The topological polar surface area (TPSA) is 59.8 Å². The second-order valence-corrected chi connectivity index (χ2v) is 7.37. The van der Waals surface area contributed by atoms with Gasteiger partial charge in [-0.05, 0) is 30.5 Å². The molecule has 3 rings (SSSR count). The van der Waals surface area contributed by atoms with Crippen molar-refractivity contribution in [3.63, 3.8) is 0 Å². The number of aromatic nitrogens is 3. The molecule has 0 spiro atoms. The molecule has 0 amide bonds. The van der Waals surface area contributed by atoms with Crippen molar-refractivity contribution in [2.75, 3.05) is 11.6 Å². The van der Waals surface area contributed by atoms with Crippen LogP contribution in [0.5, 0.6) is 0 Å². The summed E-state index contributed by atoms with van der Waals surface area (Å²) in [4.78, 5) is 0. The number of fused-ring (bicyclic) bond motifs is 1. The van der Waals surface area contributed by atoms with Crippen molar-refractivity contribution in [2.45, 2.75) is 38.1 Å². The molecule has 0 unspecified atom stereocenters. The lowest BCUT2D eigenvalue weighted by molar-refractivity contribution is 0.510. The maximum absolute atomic E-state index is 11.4. The summed E-state index contributed by atoms with van der Waals surface area (Å²) < 4.78 is 13.5. The zero-order chi connectivity index (χ0) is 15.5. The number of nitrogens with zero attached hydrogens (tertiary/aromatic N) is 3. The molecule has 1 atom stereocenters. The van der Waals surface area contributed by atoms with E-state index in [0.29, 0.717) is 17.3 Å². The summed E-state index contributed by atoms with van der Waals surface area (Å²) in [5, 5.41) is 12.5. The minimum atomic E-state index is -0.864. The molecule has 118 valence electrons. The Balaban J connectivity index is 1.73. The molecule has 22 heavy (non-hydrogen) atoms. The average Bonchev–Trinajstić information content (AvgIpc) is 2.90. The number of hydrogen-bond donors (Lipinski definition) is 1. The zero-order valence-corrected chi connectivity index (χ0v) is 14.1. The molecule has 0 radical (unpaired) electrons. The number of halogens is 1. The van der Waals surface area contributed by atoms with Crippen LogP contribution in [-0.2, 0) is 36.1 Å². The molecule has 1 aliphatic heterocycles. The molecule has 1 aromatic carbocycles. The second-order valence-electron chi connectivity index (χ2n) is 5.53. The summed E-state index contributed by atoms with van der Waals surface area (Å²) in [6, 6.07) is 5.70. The molecular weight excluding hydrogens is 320 g/mol. The van der Waals surface area contributed by atoms with Crippen molar-refractivity contribution in [3.8, 4) is 0 Å². The highest BCUT2D eigenvalue weighted by molar-refractivity contribution is 7.83. The van der Waals surface area contributed by atoms with Gasteiger partial charge in [0.1, 0.15) is 5.82 Å². The van der Waals surface area contributed by atoms with Gasteiger partial charge in [0.2, 0.25) is 0 Å². The van der Waals surface area contributed by atoms with E-state index in [2.05, 4.69) is 20.1 Å². The van der Waals surface area contributed by atoms with Crippen LogP contribution < -0.4 is 5.32 Å². The highest BCUT2D eigenvalue weighted by Gasteiger charge is 2.15. The van der Waals surface area contributed by atoms with Gasteiger partial charge >= 0.3 is 0 Å². The fourth-order valence-electron chi connectivity index (χ4n) is 2.71. The van der Waals surface area contributed by atoms with Crippen LogP contribution in [0, 0.1) is 0 Å². The molecule has 0 fully saturated rings. The Morgan fingerprint density at radius 2 is 2.23 bits per heavy atom. The van der Waals surface area contributed by atoms with Crippen molar-refractivity contribution in [3.05, 3.63) is 40.4 Å². The van der Waals surface area contributed by atoms with E-state index in [4.69, 9.17) is 11.6 Å². The Hall–Kier alpha value is -1.40. The molecule has 0 saturated carbocycles. The zero-order valence-electron chi connectivity index (χ0n) is 12.5. The first kappa shape index (κ1) is 15.5. The van der Waals surface area contributed by atoms with Gasteiger partial charge < -0.3 is 9.88 Å². The van der Waals surface area contributed by atoms with Gasteiger partial charge in [0.25, 0.3) is 0 Å². The Labute approximate surface area is 137 Å². The van der Waals surface area contributed by atoms with E-state index >= 15 is 0 Å². The molecule has 5 nitrogen and oxygen atoms in total. The lowest BCUT2D eigenvalue weighted by atomic mass is 10.1. The Kier molecular flexibility index (Phi) is 4.78. The first-order chi connectivity index (χ1) is 10.6. The van der Waals surface area contributed by atoms with Gasteiger partial charge in [0.15, 0.2) is 5.82 Å². The van der Waals surface area contributed by atoms with E-state index in [1.54, 1.807) is 6.26 Å². The van der Waals surface area contributed by atoms with Gasteiger partial charge in [-0.2, -0.15) is 0 Å². The van der Waals surface area contributed by atoms with Crippen LogP contribution in [0.2, 0.25) is 5.02 Å². The first-order valence-electron chi connectivity index (χ1n) is 7.37. The van der Waals surface area contributed by atoms with Gasteiger partial charge in [-0.1, -0.05) is 17.7 Å². The largest absolute Gasteiger partial charge is 0.377 e. The Bertz CT molecular complexity index is 701. The van der Waals surface area contributed by atoms with Crippen LogP contribution in [0.3, 0.4) is 0 Å². The number of nitrogens with one attached hydrogen (secondary N) is 1. The number of aryl methyl sites for hydroxylation is 1. The molecule has 1 N–H and O–H groups in total. The molecular formula is C15H19ClN4OS. The fourth-order valence-corrected chi connectivity index (χ4v) is 3.54. The summed E-state index contributed by atoms with van der Waals surface area (Å²) in [5.41, 5.74) is 1.86. The number of anilines is 1. The van der Waals surface area contributed by atoms with Crippen LogP contribution in [0.4, 0.5) is 5.69 Å². The quantitative estimate of drug-likeness (QED) is 0.910. The van der Waals surface area contributed by atoms with Crippen LogP contribution in [0.25, 0.3) is 0 Å². The summed E-state index contributed by atoms with van der Waals surface area (Å²) >= 11 is 6.24. The normalized spacial score (nSPS) is 15.4. The minimum absolute atomic E-state index is 0.534. The van der Waals surface area contributed by atoms with Crippen LogP contribution in [0.1, 0.15) is 30.1 Å². The minimum Gasteiger partial charge on any atom is -0.377 e. The van der Waals surface area contributed by atoms with Crippen LogP contribution >= 0.6 is 11.6 Å². The summed E-state index contributed by atoms with van der Waals surface area (Å²) in [7, 11) is -0.864. The number of rotatable bonds is 5. The van der Waals surface area contributed by atoms with E-state index in [0.717, 1.165) is 35.9 Å². The van der Waals surface area contributed by atoms with Gasteiger partial charge in [-0.15, -0.1) is 10.2 Å². The van der Waals surface area contributed by atoms with Crippen molar-refractivity contribution in [1.82, 2.24) is 14.8 Å². The second kappa shape index (κ2) is 6.79. The molecule has 2 aromatic rings. The van der Waals surface area contributed by atoms with Gasteiger partial charge in [-0.3, -0.25) is 4.21 Å². The summed E-state index contributed by atoms with van der Waals surface area (Å²) in [6.45, 7) is 1.58. The van der Waals surface area contributed by atoms with Gasteiger partial charge in [0.05, 0.1) is 17.3 Å². The van der Waals surface area contributed by atoms with Crippen molar-refractivity contribution in [1.29, 1.82) is 0 Å². The van der Waals surface area contributed by atoms with E-state index < -0.39 is 10.8 Å². The van der Waals surface area contributed by atoms with Crippen LogP contribution in [0.15, 0.2) is 18.2 Å². The molecule has 0 saturated heterocycles. The van der Waals surface area contributed by atoms with Crippen molar-refractivity contribution < 1.29 is 4.21 Å². The third kappa shape index (κ3) is 3.50. The fraction of sp³-hybridized carbons (Fsp3) is 0.467. The monoisotopic (exact) mass is 338 g/mol. The third-order valence-corrected chi connectivity index (χ3v) is 4.84. The highest BCUT2D eigenvalue weighted by atomic mass is 35.5. The number of benzene rings is 1. The molecule has 2 heterocycles. The van der Waals surface area contributed by atoms with Gasteiger partial charge in [0, 0.05) is 35.8 Å². The van der Waals surface area contributed by atoms with E-state index in [1.165, 1.54) is 12.8 Å². The molecule has 0 aliphatic carbocycles. The first-order valence-corrected chi connectivity index (χ1v) is 9.47. The summed E-state index contributed by atoms with van der Waals surface area (Å²) in [5.74, 6) is 2.55. The lowest BCUT2D eigenvalue weighted by Crippen LogP contribution is -2.15. The molecule has 1 aromatic heterocycles. The third-order valence-electron chi connectivity index (χ3n) is 3.77. The van der Waals surface area contributed by atoms with E-state index in [-0.39, 0.29) is 0 Å². The molecule has 1 aliphatic rings. The lowest BCUT2D eigenvalue weighted by Gasteiger charge is -2.15. The standard InChI is InChI=1S/C15H19ClN4OS/c1-22(21)10-11-5-6-12(16)13(8-11)17-9-15-19-18-14-4-2-3-7-20(14)15/h5-6,8,17H,2-4,7,9-10H2,1H3/t22-/m1/s1. The Morgan fingerprint density at radius 1 is 1.36 bits per heavy atom. The van der Waals surface area contributed by atoms with Crippen molar-refractivity contribution >= 4 is 28.1 Å². The molecule has 7 heteroatoms. The van der Waals surface area contributed by atoms with Crippen LogP contribution in [-0.4, -0.2) is 25.2 Å². The Morgan fingerprint density at radius 3 is 3.05 bits per heavy atom.